The van der Waals surface area contributed by atoms with Crippen molar-refractivity contribution in [2.24, 2.45) is 0 Å². The highest BCUT2D eigenvalue weighted by Crippen LogP contribution is 2.07. The second-order valence-electron chi connectivity index (χ2n) is 2.95. The number of nitrogens with zero attached hydrogens (tertiary/aromatic N) is 4. The van der Waals surface area contributed by atoms with Crippen LogP contribution in [0.2, 0.25) is 5.28 Å². The molecule has 0 fully saturated rings. The van der Waals surface area contributed by atoms with Crippen LogP contribution in [0, 0.1) is 0 Å². The van der Waals surface area contributed by atoms with E-state index >= 15 is 0 Å². The van der Waals surface area contributed by atoms with E-state index in [2.05, 4.69) is 15.1 Å². The average molecular weight is 225 g/mol. The van der Waals surface area contributed by atoms with E-state index in [-0.39, 0.29) is 11.9 Å². The molecule has 2 aromatic heterocycles. The maximum absolute atomic E-state index is 8.76. The standard InChI is InChI=1S/C9H9ClN4O/c10-9-11-3-1-8(13-9)14-6-7(2-4-15)5-12-14/h1,3,5-6,15H,2,4H2. The molecule has 0 aliphatic heterocycles. The number of aliphatic hydroxyl groups excluding tert-OH is 1. The second kappa shape index (κ2) is 4.37. The Bertz CT molecular complexity index is 457. The molecule has 5 nitrogen and oxygen atoms in total. The normalized spacial score (nSPS) is 10.5. The van der Waals surface area contributed by atoms with Crippen molar-refractivity contribution in [3.05, 3.63) is 35.5 Å². The summed E-state index contributed by atoms with van der Waals surface area (Å²) in [6, 6.07) is 1.71. The molecule has 15 heavy (non-hydrogen) atoms. The van der Waals surface area contributed by atoms with Crippen molar-refractivity contribution in [2.45, 2.75) is 6.42 Å². The molecule has 0 saturated heterocycles. The minimum atomic E-state index is 0.107. The fourth-order valence-corrected chi connectivity index (χ4v) is 1.34. The highest BCUT2D eigenvalue weighted by molar-refractivity contribution is 6.28. The van der Waals surface area contributed by atoms with Gasteiger partial charge in [-0.1, -0.05) is 0 Å². The van der Waals surface area contributed by atoms with Gasteiger partial charge in [-0.15, -0.1) is 0 Å². The van der Waals surface area contributed by atoms with Crippen LogP contribution >= 0.6 is 11.6 Å². The first-order chi connectivity index (χ1) is 7.29. The minimum Gasteiger partial charge on any atom is -0.396 e. The van der Waals surface area contributed by atoms with Crippen LogP contribution in [0.5, 0.6) is 0 Å². The van der Waals surface area contributed by atoms with Crippen LogP contribution in [0.15, 0.2) is 24.7 Å². The number of hydrogen-bond acceptors (Lipinski definition) is 4. The molecule has 0 aliphatic rings. The fourth-order valence-electron chi connectivity index (χ4n) is 1.20. The summed E-state index contributed by atoms with van der Waals surface area (Å²) in [7, 11) is 0. The van der Waals surface area contributed by atoms with Gasteiger partial charge in [0, 0.05) is 25.1 Å². The molecular weight excluding hydrogens is 216 g/mol. The van der Waals surface area contributed by atoms with Crippen LogP contribution < -0.4 is 0 Å². The van der Waals surface area contributed by atoms with Crippen molar-refractivity contribution in [3.63, 3.8) is 0 Å². The van der Waals surface area contributed by atoms with E-state index in [4.69, 9.17) is 16.7 Å². The molecule has 0 bridgehead atoms. The van der Waals surface area contributed by atoms with Crippen LogP contribution in [-0.4, -0.2) is 31.5 Å². The zero-order valence-corrected chi connectivity index (χ0v) is 8.59. The Morgan fingerprint density at radius 3 is 3.07 bits per heavy atom. The van der Waals surface area contributed by atoms with E-state index in [1.165, 1.54) is 0 Å². The van der Waals surface area contributed by atoms with E-state index in [1.807, 2.05) is 0 Å². The van der Waals surface area contributed by atoms with Gasteiger partial charge in [-0.25, -0.2) is 9.67 Å². The first-order valence-electron chi connectivity index (χ1n) is 4.43. The van der Waals surface area contributed by atoms with Crippen LogP contribution in [-0.2, 0) is 6.42 Å². The summed E-state index contributed by atoms with van der Waals surface area (Å²) in [5, 5.41) is 13.0. The maximum atomic E-state index is 8.76. The monoisotopic (exact) mass is 224 g/mol. The predicted octanol–water partition coefficient (Wildman–Crippen LogP) is 0.850. The molecule has 0 aromatic carbocycles. The highest BCUT2D eigenvalue weighted by Gasteiger charge is 2.02. The fraction of sp³-hybridized carbons (Fsp3) is 0.222. The number of rotatable bonds is 3. The van der Waals surface area contributed by atoms with Gasteiger partial charge in [0.05, 0.1) is 6.20 Å². The third kappa shape index (κ3) is 2.31. The molecule has 2 aromatic rings. The molecule has 0 spiro atoms. The van der Waals surface area contributed by atoms with Gasteiger partial charge < -0.3 is 5.11 Å². The lowest BCUT2D eigenvalue weighted by Crippen LogP contribution is -1.98. The van der Waals surface area contributed by atoms with E-state index in [0.29, 0.717) is 12.2 Å². The van der Waals surface area contributed by atoms with E-state index in [0.717, 1.165) is 5.56 Å². The number of halogens is 1. The Balaban J connectivity index is 2.29. The third-order valence-electron chi connectivity index (χ3n) is 1.88. The number of hydrogen-bond donors (Lipinski definition) is 1. The third-order valence-corrected chi connectivity index (χ3v) is 2.06. The molecule has 2 rings (SSSR count). The summed E-state index contributed by atoms with van der Waals surface area (Å²) in [6.45, 7) is 0.107. The van der Waals surface area contributed by atoms with Gasteiger partial charge in [-0.3, -0.25) is 0 Å². The smallest absolute Gasteiger partial charge is 0.224 e. The topological polar surface area (TPSA) is 63.8 Å². The predicted molar refractivity (Wildman–Crippen MR) is 55.0 cm³/mol. The van der Waals surface area contributed by atoms with Crippen molar-refractivity contribution < 1.29 is 5.11 Å². The lowest BCUT2D eigenvalue weighted by atomic mass is 10.3. The number of aliphatic hydroxyl groups is 1. The second-order valence-corrected chi connectivity index (χ2v) is 3.29. The first kappa shape index (κ1) is 10.1. The van der Waals surface area contributed by atoms with Crippen LogP contribution in [0.3, 0.4) is 0 Å². The Labute approximate surface area is 91.4 Å². The molecular formula is C9H9ClN4O. The Kier molecular flexibility index (Phi) is 2.94. The van der Waals surface area contributed by atoms with Crippen molar-refractivity contribution in [2.75, 3.05) is 6.61 Å². The first-order valence-corrected chi connectivity index (χ1v) is 4.81. The molecule has 0 aliphatic carbocycles. The van der Waals surface area contributed by atoms with Gasteiger partial charge in [0.1, 0.15) is 0 Å². The SMILES string of the molecule is OCCc1cnn(-c2ccnc(Cl)n2)c1. The lowest BCUT2D eigenvalue weighted by molar-refractivity contribution is 0.299. The Morgan fingerprint density at radius 2 is 2.33 bits per heavy atom. The van der Waals surface area contributed by atoms with Gasteiger partial charge in [-0.05, 0) is 23.6 Å². The summed E-state index contributed by atoms with van der Waals surface area (Å²) >= 11 is 5.66. The van der Waals surface area contributed by atoms with E-state index < -0.39 is 0 Å². The summed E-state index contributed by atoms with van der Waals surface area (Å²) in [6.07, 6.45) is 5.64. The van der Waals surface area contributed by atoms with Gasteiger partial charge in [0.15, 0.2) is 5.82 Å². The van der Waals surface area contributed by atoms with Crippen molar-refractivity contribution in [3.8, 4) is 5.82 Å². The average Bonchev–Trinajstić information content (AvgIpc) is 2.67. The zero-order chi connectivity index (χ0) is 10.7. The summed E-state index contributed by atoms with van der Waals surface area (Å²) in [5.41, 5.74) is 0.951. The summed E-state index contributed by atoms with van der Waals surface area (Å²) < 4.78 is 1.60. The molecule has 0 atom stereocenters. The molecule has 0 saturated carbocycles. The Hall–Kier alpha value is -1.46. The molecule has 0 amide bonds. The van der Waals surface area contributed by atoms with E-state index in [9.17, 15) is 0 Å². The van der Waals surface area contributed by atoms with Gasteiger partial charge in [0.25, 0.3) is 0 Å². The Morgan fingerprint density at radius 1 is 1.47 bits per heavy atom. The molecule has 0 radical (unpaired) electrons. The summed E-state index contributed by atoms with van der Waals surface area (Å²) in [5.74, 6) is 0.610. The largest absolute Gasteiger partial charge is 0.396 e. The highest BCUT2D eigenvalue weighted by atomic mass is 35.5. The lowest BCUT2D eigenvalue weighted by Gasteiger charge is -1.98. The van der Waals surface area contributed by atoms with Crippen molar-refractivity contribution in [1.29, 1.82) is 0 Å². The van der Waals surface area contributed by atoms with Crippen LogP contribution in [0.1, 0.15) is 5.56 Å². The summed E-state index contributed by atoms with van der Waals surface area (Å²) in [4.78, 5) is 7.79. The van der Waals surface area contributed by atoms with Gasteiger partial charge in [0.2, 0.25) is 5.28 Å². The molecule has 2 heterocycles. The van der Waals surface area contributed by atoms with Gasteiger partial charge in [-0.2, -0.15) is 10.1 Å². The molecule has 1 N–H and O–H groups in total. The number of aromatic nitrogens is 4. The quantitative estimate of drug-likeness (QED) is 0.786. The molecule has 78 valence electrons. The van der Waals surface area contributed by atoms with E-state index in [1.54, 1.807) is 29.3 Å². The molecule has 6 heteroatoms. The minimum absolute atomic E-state index is 0.107. The maximum Gasteiger partial charge on any atom is 0.224 e. The van der Waals surface area contributed by atoms with Crippen molar-refractivity contribution in [1.82, 2.24) is 19.7 Å². The zero-order valence-electron chi connectivity index (χ0n) is 7.84. The van der Waals surface area contributed by atoms with Crippen LogP contribution in [0.4, 0.5) is 0 Å². The molecule has 0 unspecified atom stereocenters. The van der Waals surface area contributed by atoms with Crippen LogP contribution in [0.25, 0.3) is 5.82 Å². The van der Waals surface area contributed by atoms with Gasteiger partial charge >= 0.3 is 0 Å². The van der Waals surface area contributed by atoms with Crippen molar-refractivity contribution >= 4 is 11.6 Å².